The molecule has 2 nitrogen and oxygen atoms in total. The van der Waals surface area contributed by atoms with Gasteiger partial charge in [-0.25, -0.2) is 4.98 Å². The Balaban J connectivity index is 2.50. The second-order valence-corrected chi connectivity index (χ2v) is 6.15. The van der Waals surface area contributed by atoms with Crippen LogP contribution in [0.4, 0.5) is 0 Å². The first-order valence-corrected chi connectivity index (χ1v) is 6.08. The third-order valence-corrected chi connectivity index (χ3v) is 3.37. The lowest BCUT2D eigenvalue weighted by Crippen LogP contribution is -2.13. The molecule has 0 amide bonds. The molecule has 1 N–H and O–H groups in total. The summed E-state index contributed by atoms with van der Waals surface area (Å²) >= 11 is 7.40. The van der Waals surface area contributed by atoms with Crippen LogP contribution in [0.2, 0.25) is 0 Å². The van der Waals surface area contributed by atoms with Crippen molar-refractivity contribution in [3.63, 3.8) is 0 Å². The third kappa shape index (κ3) is 4.33. The summed E-state index contributed by atoms with van der Waals surface area (Å²) in [4.78, 5) is 5.64. The Bertz CT molecular complexity index is 339. The predicted molar refractivity (Wildman–Crippen MR) is 67.5 cm³/mol. The Morgan fingerprint density at radius 1 is 1.60 bits per heavy atom. The van der Waals surface area contributed by atoms with Gasteiger partial charge in [0.15, 0.2) is 0 Å². The average molecular weight is 245 g/mol. The summed E-state index contributed by atoms with van der Waals surface area (Å²) in [6, 6.07) is 0. The largest absolute Gasteiger partial charge is 0.307 e. The van der Waals surface area contributed by atoms with Gasteiger partial charge in [-0.05, 0) is 0 Å². The lowest BCUT2D eigenvalue weighted by atomic mass is 9.98. The Labute approximate surface area is 100 Å². The summed E-state index contributed by atoms with van der Waals surface area (Å²) < 4.78 is 0. The maximum atomic E-state index is 5.65. The molecule has 0 radical (unpaired) electrons. The summed E-state index contributed by atoms with van der Waals surface area (Å²) in [7, 11) is 0. The monoisotopic (exact) mass is 244 g/mol. The van der Waals surface area contributed by atoms with Crippen LogP contribution in [0.1, 0.15) is 30.7 Å². The molecule has 0 saturated heterocycles. The zero-order chi connectivity index (χ0) is 11.5. The minimum Gasteiger partial charge on any atom is -0.307 e. The van der Waals surface area contributed by atoms with Crippen molar-refractivity contribution < 1.29 is 0 Å². The van der Waals surface area contributed by atoms with Gasteiger partial charge in [0.2, 0.25) is 0 Å². The number of nitrogens with zero attached hydrogens (tertiary/aromatic N) is 1. The molecule has 0 saturated carbocycles. The van der Waals surface area contributed by atoms with Gasteiger partial charge in [-0.3, -0.25) is 0 Å². The quantitative estimate of drug-likeness (QED) is 0.879. The van der Waals surface area contributed by atoms with Crippen LogP contribution in [-0.2, 0) is 12.0 Å². The van der Waals surface area contributed by atoms with Crippen LogP contribution in [-0.4, -0.2) is 11.5 Å². The van der Waals surface area contributed by atoms with Crippen LogP contribution >= 0.6 is 22.9 Å². The number of nitrogens with one attached hydrogen (secondary N) is 1. The average Bonchev–Trinajstić information content (AvgIpc) is 2.51. The molecule has 0 aliphatic carbocycles. The van der Waals surface area contributed by atoms with E-state index in [2.05, 4.69) is 37.7 Å². The smallest absolute Gasteiger partial charge is 0.0981 e. The van der Waals surface area contributed by atoms with E-state index in [4.69, 9.17) is 11.6 Å². The molecule has 0 spiro atoms. The molecule has 0 atom stereocenters. The highest BCUT2D eigenvalue weighted by molar-refractivity contribution is 7.11. The SMILES string of the molecule is C=C(Cl)CNCc1cnc(C(C)(C)C)s1. The molecule has 0 aromatic carbocycles. The topological polar surface area (TPSA) is 24.9 Å². The maximum Gasteiger partial charge on any atom is 0.0981 e. The Kier molecular flexibility index (Phi) is 4.32. The predicted octanol–water partition coefficient (Wildman–Crippen LogP) is 3.28. The van der Waals surface area contributed by atoms with Gasteiger partial charge in [-0.2, -0.15) is 0 Å². The van der Waals surface area contributed by atoms with Crippen LogP contribution in [0.15, 0.2) is 17.8 Å². The fourth-order valence-corrected chi connectivity index (χ4v) is 2.09. The molecular formula is C11H17ClN2S. The van der Waals surface area contributed by atoms with Crippen LogP contribution in [0.25, 0.3) is 0 Å². The highest BCUT2D eigenvalue weighted by Crippen LogP contribution is 2.26. The van der Waals surface area contributed by atoms with Crippen molar-refractivity contribution in [3.8, 4) is 0 Å². The number of thiazole rings is 1. The van der Waals surface area contributed by atoms with Crippen molar-refractivity contribution in [3.05, 3.63) is 27.7 Å². The lowest BCUT2D eigenvalue weighted by Gasteiger charge is -2.13. The van der Waals surface area contributed by atoms with Crippen LogP contribution < -0.4 is 5.32 Å². The van der Waals surface area contributed by atoms with E-state index in [9.17, 15) is 0 Å². The third-order valence-electron chi connectivity index (χ3n) is 1.81. The minimum absolute atomic E-state index is 0.138. The first kappa shape index (κ1) is 12.7. The molecule has 84 valence electrons. The molecule has 0 unspecified atom stereocenters. The first-order valence-electron chi connectivity index (χ1n) is 4.89. The number of rotatable bonds is 4. The molecule has 4 heteroatoms. The van der Waals surface area contributed by atoms with E-state index >= 15 is 0 Å². The molecule has 15 heavy (non-hydrogen) atoms. The van der Waals surface area contributed by atoms with Crippen molar-refractivity contribution in [1.82, 2.24) is 10.3 Å². The Hall–Kier alpha value is -0.380. The fourth-order valence-electron chi connectivity index (χ4n) is 1.06. The zero-order valence-electron chi connectivity index (χ0n) is 9.43. The molecule has 1 rings (SSSR count). The van der Waals surface area contributed by atoms with Gasteiger partial charge in [0, 0.05) is 34.6 Å². The van der Waals surface area contributed by atoms with E-state index in [0.717, 1.165) is 6.54 Å². The number of hydrogen-bond donors (Lipinski definition) is 1. The molecule has 1 aromatic rings. The standard InChI is InChI=1S/C11H17ClN2S/c1-8(12)5-13-6-9-7-14-10(15-9)11(2,3)4/h7,13H,1,5-6H2,2-4H3. The molecular weight excluding hydrogens is 228 g/mol. The summed E-state index contributed by atoms with van der Waals surface area (Å²) in [6.45, 7) is 11.6. The van der Waals surface area contributed by atoms with Crippen molar-refractivity contribution in [2.24, 2.45) is 0 Å². The van der Waals surface area contributed by atoms with E-state index in [0.29, 0.717) is 11.6 Å². The van der Waals surface area contributed by atoms with Gasteiger partial charge >= 0.3 is 0 Å². The number of hydrogen-bond acceptors (Lipinski definition) is 3. The van der Waals surface area contributed by atoms with E-state index in [-0.39, 0.29) is 5.41 Å². The summed E-state index contributed by atoms with van der Waals surface area (Å²) in [6.07, 6.45) is 1.93. The molecule has 1 heterocycles. The van der Waals surface area contributed by atoms with Crippen LogP contribution in [0.5, 0.6) is 0 Å². The second kappa shape index (κ2) is 5.10. The normalized spacial score (nSPS) is 11.7. The van der Waals surface area contributed by atoms with E-state index < -0.39 is 0 Å². The maximum absolute atomic E-state index is 5.65. The fraction of sp³-hybridized carbons (Fsp3) is 0.545. The van der Waals surface area contributed by atoms with Crippen molar-refractivity contribution in [1.29, 1.82) is 0 Å². The minimum atomic E-state index is 0.138. The van der Waals surface area contributed by atoms with Gasteiger partial charge in [-0.1, -0.05) is 39.0 Å². The first-order chi connectivity index (χ1) is 6.89. The number of aromatic nitrogens is 1. The van der Waals surface area contributed by atoms with Gasteiger partial charge in [0.25, 0.3) is 0 Å². The highest BCUT2D eigenvalue weighted by Gasteiger charge is 2.17. The summed E-state index contributed by atoms with van der Waals surface area (Å²) in [5.74, 6) is 0. The molecule has 1 aromatic heterocycles. The lowest BCUT2D eigenvalue weighted by molar-refractivity contribution is 0.585. The molecule has 0 aliphatic heterocycles. The van der Waals surface area contributed by atoms with Gasteiger partial charge in [0.1, 0.15) is 0 Å². The zero-order valence-corrected chi connectivity index (χ0v) is 11.0. The highest BCUT2D eigenvalue weighted by atomic mass is 35.5. The van der Waals surface area contributed by atoms with Crippen molar-refractivity contribution in [2.75, 3.05) is 6.54 Å². The van der Waals surface area contributed by atoms with E-state index in [1.165, 1.54) is 9.88 Å². The summed E-state index contributed by atoms with van der Waals surface area (Å²) in [5, 5.41) is 5.01. The molecule has 0 fully saturated rings. The van der Waals surface area contributed by atoms with Crippen LogP contribution in [0, 0.1) is 0 Å². The second-order valence-electron chi connectivity index (χ2n) is 4.50. The Morgan fingerprint density at radius 2 is 2.27 bits per heavy atom. The van der Waals surface area contributed by atoms with Crippen molar-refractivity contribution >= 4 is 22.9 Å². The van der Waals surface area contributed by atoms with E-state index in [1.807, 2.05) is 6.20 Å². The summed E-state index contributed by atoms with van der Waals surface area (Å²) in [5.41, 5.74) is 0.138. The molecule has 0 bridgehead atoms. The molecule has 0 aliphatic rings. The Morgan fingerprint density at radius 3 is 2.73 bits per heavy atom. The van der Waals surface area contributed by atoms with Gasteiger partial charge < -0.3 is 5.32 Å². The van der Waals surface area contributed by atoms with Gasteiger partial charge in [-0.15, -0.1) is 11.3 Å². The van der Waals surface area contributed by atoms with Crippen LogP contribution in [0.3, 0.4) is 0 Å². The van der Waals surface area contributed by atoms with E-state index in [1.54, 1.807) is 11.3 Å². The number of halogens is 1. The van der Waals surface area contributed by atoms with Gasteiger partial charge in [0.05, 0.1) is 5.01 Å². The van der Waals surface area contributed by atoms with Crippen molar-refractivity contribution in [2.45, 2.75) is 32.7 Å².